The Labute approximate surface area is 142 Å². The van der Waals surface area contributed by atoms with Gasteiger partial charge in [0.05, 0.1) is 6.61 Å². The molecule has 136 valence electrons. The first-order valence-corrected chi connectivity index (χ1v) is 7.89. The second kappa shape index (κ2) is 13.3. The maximum absolute atomic E-state index is 10.5. The molecule has 0 aliphatic heterocycles. The summed E-state index contributed by atoms with van der Waals surface area (Å²) in [7, 11) is 0. The first kappa shape index (κ1) is 21.9. The predicted octanol–water partition coefficient (Wildman–Crippen LogP) is 1.13. The third-order valence-electron chi connectivity index (χ3n) is 3.16. The van der Waals surface area contributed by atoms with Crippen molar-refractivity contribution >= 4 is 12.3 Å². The fourth-order valence-corrected chi connectivity index (χ4v) is 1.87. The zero-order chi connectivity index (χ0) is 18.4. The van der Waals surface area contributed by atoms with Crippen molar-refractivity contribution in [2.75, 3.05) is 19.8 Å². The summed E-state index contributed by atoms with van der Waals surface area (Å²) in [6, 6.07) is 4.28. The Morgan fingerprint density at radius 1 is 1.38 bits per heavy atom. The third-order valence-corrected chi connectivity index (χ3v) is 3.16. The quantitative estimate of drug-likeness (QED) is 0.391. The number of phenols is 2. The molecule has 0 bridgehead atoms. The van der Waals surface area contributed by atoms with Gasteiger partial charge in [0.15, 0.2) is 0 Å². The van der Waals surface area contributed by atoms with Crippen LogP contribution in [-0.2, 0) is 20.7 Å². The van der Waals surface area contributed by atoms with E-state index in [4.69, 9.17) is 15.9 Å². The van der Waals surface area contributed by atoms with Crippen LogP contribution in [0.2, 0.25) is 0 Å². The van der Waals surface area contributed by atoms with Crippen molar-refractivity contribution in [3.8, 4) is 11.5 Å². The highest BCUT2D eigenvalue weighted by molar-refractivity contribution is 5.69. The van der Waals surface area contributed by atoms with Gasteiger partial charge in [-0.2, -0.15) is 0 Å². The molecule has 0 spiro atoms. The van der Waals surface area contributed by atoms with Crippen molar-refractivity contribution in [2.45, 2.75) is 32.6 Å². The molecule has 0 aliphatic rings. The van der Waals surface area contributed by atoms with Gasteiger partial charge in [-0.1, -0.05) is 6.07 Å². The molecule has 0 heterocycles. The van der Waals surface area contributed by atoms with Crippen molar-refractivity contribution in [3.63, 3.8) is 0 Å². The van der Waals surface area contributed by atoms with E-state index in [-0.39, 0.29) is 36.4 Å². The summed E-state index contributed by atoms with van der Waals surface area (Å²) in [5.74, 6) is -0.354. The van der Waals surface area contributed by atoms with Crippen molar-refractivity contribution in [1.82, 2.24) is 0 Å². The number of aromatic hydroxyl groups is 2. The molecule has 1 atom stereocenters. The van der Waals surface area contributed by atoms with E-state index in [1.165, 1.54) is 12.1 Å². The second-order valence-corrected chi connectivity index (χ2v) is 5.17. The number of aliphatic hydroxyl groups is 1. The largest absolute Gasteiger partial charge is 0.508 e. The van der Waals surface area contributed by atoms with E-state index in [2.05, 4.69) is 4.74 Å². The van der Waals surface area contributed by atoms with Crippen LogP contribution in [0, 0.1) is 5.92 Å². The topological polar surface area (TPSA) is 130 Å². The van der Waals surface area contributed by atoms with Crippen LogP contribution >= 0.6 is 0 Å². The van der Waals surface area contributed by atoms with Crippen LogP contribution in [0.25, 0.3) is 0 Å². The van der Waals surface area contributed by atoms with Crippen molar-refractivity contribution in [2.24, 2.45) is 11.7 Å². The molecule has 7 nitrogen and oxygen atoms in total. The lowest BCUT2D eigenvalue weighted by Gasteiger charge is -2.11. The fourth-order valence-electron chi connectivity index (χ4n) is 1.87. The summed E-state index contributed by atoms with van der Waals surface area (Å²) in [5, 5.41) is 27.5. The Morgan fingerprint density at radius 3 is 2.58 bits per heavy atom. The number of hydrogen-bond acceptors (Lipinski definition) is 7. The van der Waals surface area contributed by atoms with Gasteiger partial charge >= 0.3 is 5.97 Å². The summed E-state index contributed by atoms with van der Waals surface area (Å²) < 4.78 is 4.65. The van der Waals surface area contributed by atoms with Crippen molar-refractivity contribution in [3.05, 3.63) is 23.8 Å². The zero-order valence-corrected chi connectivity index (χ0v) is 14.0. The third kappa shape index (κ3) is 9.81. The minimum Gasteiger partial charge on any atom is -0.508 e. The van der Waals surface area contributed by atoms with Gasteiger partial charge in [0, 0.05) is 25.5 Å². The predicted molar refractivity (Wildman–Crippen MR) is 89.7 cm³/mol. The second-order valence-electron chi connectivity index (χ2n) is 5.17. The maximum Gasteiger partial charge on any atom is 0.305 e. The molecule has 1 aromatic carbocycles. The van der Waals surface area contributed by atoms with Gasteiger partial charge in [-0.15, -0.1) is 0 Å². The van der Waals surface area contributed by atoms with E-state index in [0.717, 1.165) is 12.7 Å². The van der Waals surface area contributed by atoms with Gasteiger partial charge in [-0.3, -0.25) is 4.79 Å². The molecular weight excluding hydrogens is 314 g/mol. The fraction of sp³-hybridized carbons (Fsp3) is 0.529. The number of rotatable bonds is 9. The number of hydrogen-bond donors (Lipinski definition) is 4. The average molecular weight is 341 g/mol. The lowest BCUT2D eigenvalue weighted by atomic mass is 9.97. The molecule has 24 heavy (non-hydrogen) atoms. The Balaban J connectivity index is 0.000000506. The van der Waals surface area contributed by atoms with Crippen LogP contribution in [-0.4, -0.2) is 47.3 Å². The molecule has 1 unspecified atom stereocenters. The number of esters is 1. The number of nitrogens with two attached hydrogens (primary N) is 1. The molecule has 0 fully saturated rings. The van der Waals surface area contributed by atoms with E-state index in [0.29, 0.717) is 31.6 Å². The van der Waals surface area contributed by atoms with Crippen LogP contribution in [0.15, 0.2) is 18.2 Å². The first-order chi connectivity index (χ1) is 11.5. The summed E-state index contributed by atoms with van der Waals surface area (Å²) in [6.07, 6.45) is 2.60. The molecule has 0 amide bonds. The lowest BCUT2D eigenvalue weighted by Crippen LogP contribution is -2.10. The van der Waals surface area contributed by atoms with Gasteiger partial charge in [-0.05, 0) is 43.9 Å². The van der Waals surface area contributed by atoms with E-state index < -0.39 is 0 Å². The Kier molecular flexibility index (Phi) is 12.2. The zero-order valence-electron chi connectivity index (χ0n) is 14.0. The first-order valence-electron chi connectivity index (χ1n) is 7.89. The molecule has 7 heteroatoms. The van der Waals surface area contributed by atoms with E-state index in [1.54, 1.807) is 13.0 Å². The highest BCUT2D eigenvalue weighted by Gasteiger charge is 2.11. The lowest BCUT2D eigenvalue weighted by molar-refractivity contribution is -0.143. The van der Waals surface area contributed by atoms with Crippen LogP contribution in [0.4, 0.5) is 0 Å². The standard InChI is InChI=1S/C11H14O4.C6H13NO2/c12-4-3-8(7-13)5-9-1-2-10(14)6-11(9)15;1-2-9-6(8)4-3-5-7/h1-2,4,6,8,13-15H,3,5,7H2;2-5,7H2,1H3. The van der Waals surface area contributed by atoms with Crippen LogP contribution in [0.3, 0.4) is 0 Å². The average Bonchev–Trinajstić information content (AvgIpc) is 2.55. The molecule has 0 aliphatic carbocycles. The number of benzene rings is 1. The van der Waals surface area contributed by atoms with Gasteiger partial charge in [0.25, 0.3) is 0 Å². The minimum atomic E-state index is -0.182. The van der Waals surface area contributed by atoms with Gasteiger partial charge in [0.1, 0.15) is 17.8 Å². The summed E-state index contributed by atoms with van der Waals surface area (Å²) in [5.41, 5.74) is 5.78. The summed E-state index contributed by atoms with van der Waals surface area (Å²) in [4.78, 5) is 20.8. The Bertz CT molecular complexity index is 492. The number of aliphatic hydroxyl groups excluding tert-OH is 1. The normalized spacial score (nSPS) is 11.1. The molecule has 0 aromatic heterocycles. The number of carbonyl (C=O) groups is 2. The molecule has 0 saturated carbocycles. The Hall–Kier alpha value is -2.12. The molecule has 1 aromatic rings. The maximum atomic E-state index is 10.5. The van der Waals surface area contributed by atoms with Crippen molar-refractivity contribution < 1.29 is 29.6 Å². The van der Waals surface area contributed by atoms with E-state index in [9.17, 15) is 14.7 Å². The van der Waals surface area contributed by atoms with E-state index in [1.807, 2.05) is 0 Å². The smallest absolute Gasteiger partial charge is 0.305 e. The number of phenolic OH excluding ortho intramolecular Hbond substituents is 2. The number of ether oxygens (including phenoxy) is 1. The highest BCUT2D eigenvalue weighted by Crippen LogP contribution is 2.25. The molecular formula is C17H27NO6. The number of aldehydes is 1. The molecule has 5 N–H and O–H groups in total. The van der Waals surface area contributed by atoms with Crippen LogP contribution in [0.5, 0.6) is 11.5 Å². The van der Waals surface area contributed by atoms with Crippen LogP contribution < -0.4 is 5.73 Å². The summed E-state index contributed by atoms with van der Waals surface area (Å²) >= 11 is 0. The van der Waals surface area contributed by atoms with Gasteiger partial charge < -0.3 is 30.6 Å². The minimum absolute atomic E-state index is 0.00724. The monoisotopic (exact) mass is 341 g/mol. The van der Waals surface area contributed by atoms with Crippen LogP contribution in [0.1, 0.15) is 31.7 Å². The number of carbonyl (C=O) groups excluding carboxylic acids is 2. The molecule has 1 rings (SSSR count). The van der Waals surface area contributed by atoms with Gasteiger partial charge in [-0.25, -0.2) is 0 Å². The van der Waals surface area contributed by atoms with Crippen molar-refractivity contribution in [1.29, 1.82) is 0 Å². The van der Waals surface area contributed by atoms with E-state index >= 15 is 0 Å². The summed E-state index contributed by atoms with van der Waals surface area (Å²) in [6.45, 7) is 2.71. The SMILES string of the molecule is CCOC(=O)CCCN.O=CCC(CO)Cc1ccc(O)cc1O. The molecule has 0 radical (unpaired) electrons. The van der Waals surface area contributed by atoms with Gasteiger partial charge in [0.2, 0.25) is 0 Å². The molecule has 0 saturated heterocycles. The Morgan fingerprint density at radius 2 is 2.08 bits per heavy atom. The highest BCUT2D eigenvalue weighted by atomic mass is 16.5.